The summed E-state index contributed by atoms with van der Waals surface area (Å²) in [6.45, 7) is 4.91. The van der Waals surface area contributed by atoms with E-state index in [2.05, 4.69) is 62.4 Å². The number of fused-ring (bicyclic) bond motifs is 1. The van der Waals surface area contributed by atoms with Crippen LogP contribution in [-0.2, 0) is 13.1 Å². The fraction of sp³-hybridized carbons (Fsp3) is 0.294. The molecule has 0 N–H and O–H groups in total. The van der Waals surface area contributed by atoms with Crippen molar-refractivity contribution in [1.29, 1.82) is 0 Å². The molecular weight excluding hydrogens is 292 g/mol. The summed E-state index contributed by atoms with van der Waals surface area (Å²) in [6.07, 6.45) is 3.91. The first-order chi connectivity index (χ1) is 10.8. The molecule has 2 aromatic heterocycles. The lowest BCUT2D eigenvalue weighted by Crippen LogP contribution is -2.36. The van der Waals surface area contributed by atoms with Gasteiger partial charge in [0.25, 0.3) is 0 Å². The van der Waals surface area contributed by atoms with E-state index in [1.54, 1.807) is 11.3 Å². The minimum atomic E-state index is 0.277. The Balaban J connectivity index is 1.64. The zero-order chi connectivity index (χ0) is 14.9. The number of hydrogen-bond acceptors (Lipinski definition) is 4. The molecule has 0 fully saturated rings. The standard InChI is InChI=1S/C17H18N4S/c1-13-19-15(12-22-13)10-20-9-14-5-2-3-6-16(14)17(11-20)21-8-4-7-18-21/h2-8,12,17H,9-11H2,1H3/t17-/m0/s1. The topological polar surface area (TPSA) is 34.0 Å². The predicted octanol–water partition coefficient (Wildman–Crippen LogP) is 3.25. The summed E-state index contributed by atoms with van der Waals surface area (Å²) >= 11 is 1.72. The molecule has 22 heavy (non-hydrogen) atoms. The van der Waals surface area contributed by atoms with Crippen LogP contribution in [0, 0.1) is 6.92 Å². The largest absolute Gasteiger partial charge is 0.291 e. The highest BCUT2D eigenvalue weighted by Gasteiger charge is 2.26. The summed E-state index contributed by atoms with van der Waals surface area (Å²) in [6, 6.07) is 11.0. The van der Waals surface area contributed by atoms with Gasteiger partial charge in [0, 0.05) is 37.4 Å². The van der Waals surface area contributed by atoms with Crippen molar-refractivity contribution in [3.63, 3.8) is 0 Å². The summed E-state index contributed by atoms with van der Waals surface area (Å²) in [5.74, 6) is 0. The van der Waals surface area contributed by atoms with Crippen LogP contribution in [0.3, 0.4) is 0 Å². The van der Waals surface area contributed by atoms with Gasteiger partial charge in [0.1, 0.15) is 0 Å². The van der Waals surface area contributed by atoms with Crippen LogP contribution >= 0.6 is 11.3 Å². The van der Waals surface area contributed by atoms with E-state index in [0.29, 0.717) is 0 Å². The Kier molecular flexibility index (Phi) is 3.52. The van der Waals surface area contributed by atoms with Crippen molar-refractivity contribution in [2.45, 2.75) is 26.1 Å². The van der Waals surface area contributed by atoms with Gasteiger partial charge in [-0.2, -0.15) is 5.10 Å². The van der Waals surface area contributed by atoms with Gasteiger partial charge in [-0.05, 0) is 24.1 Å². The number of nitrogens with zero attached hydrogens (tertiary/aromatic N) is 4. The lowest BCUT2D eigenvalue weighted by Gasteiger charge is -2.34. The quantitative estimate of drug-likeness (QED) is 0.744. The molecule has 1 atom stereocenters. The molecule has 1 aliphatic heterocycles. The minimum Gasteiger partial charge on any atom is -0.291 e. The van der Waals surface area contributed by atoms with Gasteiger partial charge in [-0.3, -0.25) is 9.58 Å². The van der Waals surface area contributed by atoms with Crippen LogP contribution in [0.15, 0.2) is 48.1 Å². The van der Waals surface area contributed by atoms with Gasteiger partial charge in [0.15, 0.2) is 0 Å². The SMILES string of the molecule is Cc1nc(CN2Cc3ccccc3[C@@H](n3cccn3)C2)cs1. The van der Waals surface area contributed by atoms with Crippen LogP contribution in [0.4, 0.5) is 0 Å². The van der Waals surface area contributed by atoms with Crippen molar-refractivity contribution in [3.05, 3.63) is 69.9 Å². The van der Waals surface area contributed by atoms with Crippen molar-refractivity contribution in [1.82, 2.24) is 19.7 Å². The smallest absolute Gasteiger partial charge is 0.0898 e. The van der Waals surface area contributed by atoms with Crippen LogP contribution in [0.1, 0.15) is 27.9 Å². The minimum absolute atomic E-state index is 0.277. The fourth-order valence-corrected chi connectivity index (χ4v) is 3.78. The Labute approximate surface area is 134 Å². The van der Waals surface area contributed by atoms with Gasteiger partial charge < -0.3 is 0 Å². The Bertz CT molecular complexity index is 763. The molecule has 0 saturated heterocycles. The van der Waals surface area contributed by atoms with Crippen molar-refractivity contribution < 1.29 is 0 Å². The monoisotopic (exact) mass is 310 g/mol. The Morgan fingerprint density at radius 1 is 1.27 bits per heavy atom. The molecule has 1 aromatic carbocycles. The Morgan fingerprint density at radius 3 is 2.95 bits per heavy atom. The van der Waals surface area contributed by atoms with E-state index in [1.165, 1.54) is 16.8 Å². The van der Waals surface area contributed by atoms with Gasteiger partial charge in [-0.1, -0.05) is 24.3 Å². The number of benzene rings is 1. The van der Waals surface area contributed by atoms with Crippen molar-refractivity contribution in [3.8, 4) is 0 Å². The lowest BCUT2D eigenvalue weighted by atomic mass is 9.95. The summed E-state index contributed by atoms with van der Waals surface area (Å²) in [7, 11) is 0. The number of aryl methyl sites for hydroxylation is 1. The third-order valence-corrected chi connectivity index (χ3v) is 4.96. The second kappa shape index (κ2) is 5.66. The zero-order valence-corrected chi connectivity index (χ0v) is 13.3. The van der Waals surface area contributed by atoms with Crippen LogP contribution in [0.2, 0.25) is 0 Å². The molecule has 0 saturated carbocycles. The molecule has 0 unspecified atom stereocenters. The van der Waals surface area contributed by atoms with Crippen molar-refractivity contribution in [2.24, 2.45) is 0 Å². The average Bonchev–Trinajstić information content (AvgIpc) is 3.18. The highest BCUT2D eigenvalue weighted by atomic mass is 32.1. The third-order valence-electron chi connectivity index (χ3n) is 4.14. The fourth-order valence-electron chi connectivity index (χ4n) is 3.17. The molecule has 3 heterocycles. The summed E-state index contributed by atoms with van der Waals surface area (Å²) in [5.41, 5.74) is 3.94. The van der Waals surface area contributed by atoms with E-state index in [-0.39, 0.29) is 6.04 Å². The average molecular weight is 310 g/mol. The highest BCUT2D eigenvalue weighted by molar-refractivity contribution is 7.09. The molecule has 0 amide bonds. The van der Waals surface area contributed by atoms with Gasteiger partial charge in [0.05, 0.1) is 16.7 Å². The second-order valence-corrected chi connectivity index (χ2v) is 6.79. The van der Waals surface area contributed by atoms with Gasteiger partial charge in [0.2, 0.25) is 0 Å². The molecular formula is C17H18N4S. The second-order valence-electron chi connectivity index (χ2n) is 5.73. The number of rotatable bonds is 3. The first-order valence-electron chi connectivity index (χ1n) is 7.50. The third kappa shape index (κ3) is 2.58. The first kappa shape index (κ1) is 13.7. The van der Waals surface area contributed by atoms with E-state index in [0.717, 1.165) is 24.6 Å². The van der Waals surface area contributed by atoms with E-state index in [4.69, 9.17) is 0 Å². The maximum atomic E-state index is 4.60. The van der Waals surface area contributed by atoms with Gasteiger partial charge in [-0.25, -0.2) is 4.98 Å². The zero-order valence-electron chi connectivity index (χ0n) is 12.5. The van der Waals surface area contributed by atoms with E-state index in [1.807, 2.05) is 12.3 Å². The molecule has 0 spiro atoms. The van der Waals surface area contributed by atoms with Crippen LogP contribution in [-0.4, -0.2) is 26.2 Å². The van der Waals surface area contributed by atoms with Crippen molar-refractivity contribution in [2.75, 3.05) is 6.54 Å². The maximum Gasteiger partial charge on any atom is 0.0898 e. The molecule has 112 valence electrons. The molecule has 5 heteroatoms. The van der Waals surface area contributed by atoms with Crippen molar-refractivity contribution >= 4 is 11.3 Å². The summed E-state index contributed by atoms with van der Waals surface area (Å²) in [5, 5.41) is 7.76. The van der Waals surface area contributed by atoms with Gasteiger partial charge >= 0.3 is 0 Å². The Hall–Kier alpha value is -1.98. The van der Waals surface area contributed by atoms with Crippen LogP contribution in [0.5, 0.6) is 0 Å². The number of aromatic nitrogens is 3. The molecule has 4 nitrogen and oxygen atoms in total. The summed E-state index contributed by atoms with van der Waals surface area (Å²) in [4.78, 5) is 7.06. The normalized spacial score (nSPS) is 18.3. The van der Waals surface area contributed by atoms with Crippen LogP contribution < -0.4 is 0 Å². The summed E-state index contributed by atoms with van der Waals surface area (Å²) < 4.78 is 2.07. The molecule has 0 bridgehead atoms. The van der Waals surface area contributed by atoms with Crippen LogP contribution in [0.25, 0.3) is 0 Å². The molecule has 0 aliphatic carbocycles. The van der Waals surface area contributed by atoms with E-state index < -0.39 is 0 Å². The number of hydrogen-bond donors (Lipinski definition) is 0. The molecule has 0 radical (unpaired) electrons. The molecule has 4 rings (SSSR count). The Morgan fingerprint density at radius 2 is 2.18 bits per heavy atom. The highest BCUT2D eigenvalue weighted by Crippen LogP contribution is 2.30. The molecule has 1 aliphatic rings. The van der Waals surface area contributed by atoms with Gasteiger partial charge in [-0.15, -0.1) is 11.3 Å². The predicted molar refractivity (Wildman–Crippen MR) is 87.8 cm³/mol. The number of thiazole rings is 1. The van der Waals surface area contributed by atoms with E-state index >= 15 is 0 Å². The maximum absolute atomic E-state index is 4.60. The molecule has 3 aromatic rings. The lowest BCUT2D eigenvalue weighted by molar-refractivity contribution is 0.202. The van der Waals surface area contributed by atoms with E-state index in [9.17, 15) is 0 Å². The first-order valence-corrected chi connectivity index (χ1v) is 8.38.